The van der Waals surface area contributed by atoms with Gasteiger partial charge in [-0.3, -0.25) is 0 Å². The maximum Gasteiger partial charge on any atom is 0.196 e. The van der Waals surface area contributed by atoms with Gasteiger partial charge in [0.1, 0.15) is 0 Å². The maximum atomic E-state index is 5.07. The fraction of sp³-hybridized carbons (Fsp3) is 0.667. The number of guanidine groups is 1. The lowest BCUT2D eigenvalue weighted by atomic mass is 9.95. The zero-order chi connectivity index (χ0) is 17.5. The van der Waals surface area contributed by atoms with Crippen molar-refractivity contribution in [3.05, 3.63) is 24.3 Å². The molecule has 2 saturated carbocycles. The third-order valence-electron chi connectivity index (χ3n) is 5.48. The van der Waals surface area contributed by atoms with E-state index in [2.05, 4.69) is 53.9 Å². The molecule has 1 aromatic carbocycles. The van der Waals surface area contributed by atoms with Gasteiger partial charge in [0.15, 0.2) is 5.96 Å². The summed E-state index contributed by atoms with van der Waals surface area (Å²) < 4.78 is 0. The molecule has 2 aliphatic carbocycles. The summed E-state index contributed by atoms with van der Waals surface area (Å²) in [6.45, 7) is 0. The summed E-state index contributed by atoms with van der Waals surface area (Å²) in [7, 11) is 4.14. The Labute approximate surface area is 153 Å². The van der Waals surface area contributed by atoms with Crippen LogP contribution in [-0.2, 0) is 0 Å². The van der Waals surface area contributed by atoms with Crippen molar-refractivity contribution in [1.82, 2.24) is 5.32 Å². The molecule has 4 heteroatoms. The molecule has 0 atom stereocenters. The van der Waals surface area contributed by atoms with E-state index in [-0.39, 0.29) is 0 Å². The molecule has 138 valence electrons. The van der Waals surface area contributed by atoms with E-state index in [1.165, 1.54) is 69.9 Å². The third kappa shape index (κ3) is 5.65. The number of benzene rings is 1. The van der Waals surface area contributed by atoms with Gasteiger partial charge in [-0.15, -0.1) is 0 Å². The number of nitrogens with zero attached hydrogens (tertiary/aromatic N) is 2. The van der Waals surface area contributed by atoms with Crippen LogP contribution >= 0.6 is 0 Å². The van der Waals surface area contributed by atoms with Crippen molar-refractivity contribution in [2.75, 3.05) is 24.3 Å². The smallest absolute Gasteiger partial charge is 0.196 e. The molecule has 0 aromatic heterocycles. The second kappa shape index (κ2) is 9.12. The van der Waals surface area contributed by atoms with Crippen molar-refractivity contribution in [2.24, 2.45) is 4.99 Å². The Kier molecular flexibility index (Phi) is 6.60. The summed E-state index contributed by atoms with van der Waals surface area (Å²) in [6, 6.07) is 9.66. The fourth-order valence-corrected chi connectivity index (χ4v) is 3.92. The predicted octanol–water partition coefficient (Wildman–Crippen LogP) is 4.78. The highest BCUT2D eigenvalue weighted by Crippen LogP contribution is 2.22. The van der Waals surface area contributed by atoms with Gasteiger partial charge in [-0.1, -0.05) is 38.5 Å². The minimum Gasteiger partial charge on any atom is -0.378 e. The summed E-state index contributed by atoms with van der Waals surface area (Å²) in [5.74, 6) is 0.983. The number of rotatable bonds is 4. The Bertz CT molecular complexity index is 538. The Morgan fingerprint density at radius 3 is 2.08 bits per heavy atom. The van der Waals surface area contributed by atoms with E-state index in [4.69, 9.17) is 4.99 Å². The Balaban J connectivity index is 1.68. The van der Waals surface area contributed by atoms with Crippen LogP contribution in [0.2, 0.25) is 0 Å². The zero-order valence-corrected chi connectivity index (χ0v) is 15.9. The van der Waals surface area contributed by atoms with Crippen LogP contribution in [0.5, 0.6) is 0 Å². The first kappa shape index (κ1) is 18.1. The van der Waals surface area contributed by atoms with E-state index < -0.39 is 0 Å². The first-order chi connectivity index (χ1) is 12.2. The van der Waals surface area contributed by atoms with Crippen LogP contribution in [0.15, 0.2) is 29.3 Å². The highest BCUT2D eigenvalue weighted by atomic mass is 15.2. The van der Waals surface area contributed by atoms with Crippen LogP contribution in [0.4, 0.5) is 11.4 Å². The second-order valence-corrected chi connectivity index (χ2v) is 7.82. The van der Waals surface area contributed by atoms with Crippen LogP contribution in [0.25, 0.3) is 0 Å². The minimum absolute atomic E-state index is 0.480. The molecule has 3 rings (SSSR count). The normalized spacial score (nSPS) is 20.3. The zero-order valence-electron chi connectivity index (χ0n) is 15.9. The molecule has 0 amide bonds. The SMILES string of the molecule is CN(C)c1ccc(NC(=NC2CCCCC2)NC2CCCCC2)cc1. The van der Waals surface area contributed by atoms with Crippen LogP contribution in [0.3, 0.4) is 0 Å². The number of hydrogen-bond acceptors (Lipinski definition) is 2. The second-order valence-electron chi connectivity index (χ2n) is 7.82. The average Bonchev–Trinajstić information content (AvgIpc) is 2.64. The topological polar surface area (TPSA) is 39.7 Å². The third-order valence-corrected chi connectivity index (χ3v) is 5.48. The molecule has 4 nitrogen and oxygen atoms in total. The summed E-state index contributed by atoms with van der Waals surface area (Å²) in [6.07, 6.45) is 13.1. The number of nitrogens with one attached hydrogen (secondary N) is 2. The van der Waals surface area contributed by atoms with Crippen LogP contribution < -0.4 is 15.5 Å². The van der Waals surface area contributed by atoms with Gasteiger partial charge in [-0.05, 0) is 49.9 Å². The highest BCUT2D eigenvalue weighted by molar-refractivity contribution is 5.94. The monoisotopic (exact) mass is 342 g/mol. The van der Waals surface area contributed by atoms with E-state index in [0.29, 0.717) is 12.1 Å². The minimum atomic E-state index is 0.480. The molecular formula is C21H34N4. The highest BCUT2D eigenvalue weighted by Gasteiger charge is 2.17. The van der Waals surface area contributed by atoms with Crippen LogP contribution in [0.1, 0.15) is 64.2 Å². The van der Waals surface area contributed by atoms with E-state index in [9.17, 15) is 0 Å². The fourth-order valence-electron chi connectivity index (χ4n) is 3.92. The van der Waals surface area contributed by atoms with E-state index in [0.717, 1.165) is 11.6 Å². The van der Waals surface area contributed by atoms with Gasteiger partial charge in [-0.25, -0.2) is 4.99 Å². The van der Waals surface area contributed by atoms with Crippen molar-refractivity contribution in [3.8, 4) is 0 Å². The lowest BCUT2D eigenvalue weighted by Gasteiger charge is -2.27. The van der Waals surface area contributed by atoms with E-state index >= 15 is 0 Å². The van der Waals surface area contributed by atoms with Crippen LogP contribution in [0, 0.1) is 0 Å². The summed E-state index contributed by atoms with van der Waals surface area (Å²) in [4.78, 5) is 7.19. The first-order valence-corrected chi connectivity index (χ1v) is 10.1. The van der Waals surface area contributed by atoms with Gasteiger partial charge >= 0.3 is 0 Å². The Morgan fingerprint density at radius 1 is 0.880 bits per heavy atom. The molecule has 2 fully saturated rings. The molecule has 0 radical (unpaired) electrons. The molecule has 0 bridgehead atoms. The van der Waals surface area contributed by atoms with Crippen molar-refractivity contribution in [3.63, 3.8) is 0 Å². The molecule has 1 aromatic rings. The number of anilines is 2. The Hall–Kier alpha value is -1.71. The van der Waals surface area contributed by atoms with Crippen molar-refractivity contribution >= 4 is 17.3 Å². The molecule has 0 spiro atoms. The molecule has 0 aliphatic heterocycles. The summed E-state index contributed by atoms with van der Waals surface area (Å²) >= 11 is 0. The predicted molar refractivity (Wildman–Crippen MR) is 109 cm³/mol. The lowest BCUT2D eigenvalue weighted by molar-refractivity contribution is 0.408. The van der Waals surface area contributed by atoms with Crippen molar-refractivity contribution < 1.29 is 0 Å². The Morgan fingerprint density at radius 2 is 1.48 bits per heavy atom. The van der Waals surface area contributed by atoms with Gasteiger partial charge in [0.2, 0.25) is 0 Å². The molecular weight excluding hydrogens is 308 g/mol. The van der Waals surface area contributed by atoms with Crippen molar-refractivity contribution in [1.29, 1.82) is 0 Å². The van der Waals surface area contributed by atoms with Gasteiger partial charge in [0, 0.05) is 31.5 Å². The summed E-state index contributed by atoms with van der Waals surface area (Å²) in [5.41, 5.74) is 2.33. The molecule has 2 N–H and O–H groups in total. The van der Waals surface area contributed by atoms with E-state index in [1.54, 1.807) is 0 Å². The molecule has 0 unspecified atom stereocenters. The lowest BCUT2D eigenvalue weighted by Crippen LogP contribution is -2.41. The van der Waals surface area contributed by atoms with Crippen LogP contribution in [-0.4, -0.2) is 32.1 Å². The quantitative estimate of drug-likeness (QED) is 0.611. The van der Waals surface area contributed by atoms with E-state index in [1.807, 2.05) is 0 Å². The largest absolute Gasteiger partial charge is 0.378 e. The van der Waals surface area contributed by atoms with Gasteiger partial charge < -0.3 is 15.5 Å². The molecule has 25 heavy (non-hydrogen) atoms. The van der Waals surface area contributed by atoms with Crippen molar-refractivity contribution in [2.45, 2.75) is 76.3 Å². The molecule has 2 aliphatic rings. The number of aliphatic imine (C=N–C) groups is 1. The summed E-state index contributed by atoms with van der Waals surface area (Å²) in [5, 5.41) is 7.28. The maximum absolute atomic E-state index is 5.07. The molecule has 0 saturated heterocycles. The average molecular weight is 343 g/mol. The standard InChI is InChI=1S/C21H34N4/c1-25(2)20-15-13-19(14-16-20)24-21(22-17-9-5-3-6-10-17)23-18-11-7-4-8-12-18/h13-18H,3-12H2,1-2H3,(H2,22,23,24). The van der Waals surface area contributed by atoms with Gasteiger partial charge in [-0.2, -0.15) is 0 Å². The molecule has 0 heterocycles. The first-order valence-electron chi connectivity index (χ1n) is 10.1. The number of hydrogen-bond donors (Lipinski definition) is 2. The van der Waals surface area contributed by atoms with Gasteiger partial charge in [0.05, 0.1) is 6.04 Å². The van der Waals surface area contributed by atoms with Gasteiger partial charge in [0.25, 0.3) is 0 Å².